The van der Waals surface area contributed by atoms with Crippen LogP contribution in [0.3, 0.4) is 0 Å². The van der Waals surface area contributed by atoms with Gasteiger partial charge in [0.05, 0.1) is 6.10 Å². The number of nitrogens with zero attached hydrogens (tertiary/aromatic N) is 3. The van der Waals surface area contributed by atoms with Crippen LogP contribution < -0.4 is 10.2 Å². The Balaban J connectivity index is 2.06. The molecule has 0 aliphatic carbocycles. The van der Waals surface area contributed by atoms with Crippen molar-refractivity contribution in [3.63, 3.8) is 0 Å². The van der Waals surface area contributed by atoms with Gasteiger partial charge in [0.2, 0.25) is 0 Å². The number of aliphatic hydroxyl groups is 1. The molecule has 5 nitrogen and oxygen atoms in total. The molecule has 18 heavy (non-hydrogen) atoms. The normalized spacial score (nSPS) is 21.7. The molecule has 5 heteroatoms. The highest BCUT2D eigenvalue weighted by molar-refractivity contribution is 5.49. The second kappa shape index (κ2) is 6.00. The number of anilines is 2. The van der Waals surface area contributed by atoms with Crippen molar-refractivity contribution < 1.29 is 5.11 Å². The number of nitrogens with one attached hydrogen (secondary N) is 1. The molecule has 1 fully saturated rings. The fraction of sp³-hybridized carbons (Fsp3) is 0.692. The Morgan fingerprint density at radius 2 is 2.39 bits per heavy atom. The van der Waals surface area contributed by atoms with Crippen molar-refractivity contribution in [1.29, 1.82) is 0 Å². The Bertz CT molecular complexity index is 385. The summed E-state index contributed by atoms with van der Waals surface area (Å²) in [7, 11) is 0. The Kier molecular flexibility index (Phi) is 4.36. The lowest BCUT2D eigenvalue weighted by Gasteiger charge is -2.31. The van der Waals surface area contributed by atoms with Gasteiger partial charge in [-0.15, -0.1) is 0 Å². The van der Waals surface area contributed by atoms with E-state index >= 15 is 0 Å². The van der Waals surface area contributed by atoms with Gasteiger partial charge in [0.25, 0.3) is 0 Å². The van der Waals surface area contributed by atoms with Gasteiger partial charge in [-0.2, -0.15) is 0 Å². The van der Waals surface area contributed by atoms with Gasteiger partial charge in [-0.25, -0.2) is 9.97 Å². The minimum atomic E-state index is -0.236. The van der Waals surface area contributed by atoms with Crippen LogP contribution >= 0.6 is 0 Å². The van der Waals surface area contributed by atoms with E-state index < -0.39 is 0 Å². The van der Waals surface area contributed by atoms with E-state index in [2.05, 4.69) is 34.0 Å². The minimum absolute atomic E-state index is 0.236. The average molecular weight is 250 g/mol. The van der Waals surface area contributed by atoms with Gasteiger partial charge in [-0.05, 0) is 26.2 Å². The van der Waals surface area contributed by atoms with Gasteiger partial charge < -0.3 is 15.3 Å². The lowest BCUT2D eigenvalue weighted by Crippen LogP contribution is -2.38. The summed E-state index contributed by atoms with van der Waals surface area (Å²) in [6, 6.07) is 2.36. The highest BCUT2D eigenvalue weighted by atomic mass is 16.3. The lowest BCUT2D eigenvalue weighted by atomic mass is 10.1. The summed E-state index contributed by atoms with van der Waals surface area (Å²) in [5, 5.41) is 13.0. The van der Waals surface area contributed by atoms with Gasteiger partial charge in [0.1, 0.15) is 18.0 Å². The van der Waals surface area contributed by atoms with Crippen LogP contribution in [0.4, 0.5) is 11.6 Å². The SMILES string of the molecule is CCC(C)Nc1cc(N2CCCC(O)C2)ncn1. The van der Waals surface area contributed by atoms with E-state index in [-0.39, 0.29) is 6.10 Å². The van der Waals surface area contributed by atoms with Crippen LogP contribution in [0.2, 0.25) is 0 Å². The van der Waals surface area contributed by atoms with Gasteiger partial charge in [0.15, 0.2) is 0 Å². The minimum Gasteiger partial charge on any atom is -0.391 e. The van der Waals surface area contributed by atoms with Crippen LogP contribution in [0.15, 0.2) is 12.4 Å². The summed E-state index contributed by atoms with van der Waals surface area (Å²) >= 11 is 0. The third-order valence-corrected chi connectivity index (χ3v) is 3.38. The predicted octanol–water partition coefficient (Wildman–Crippen LogP) is 1.65. The van der Waals surface area contributed by atoms with Crippen LogP contribution in [0.5, 0.6) is 0 Å². The molecule has 1 aliphatic rings. The highest BCUT2D eigenvalue weighted by Crippen LogP contribution is 2.19. The Morgan fingerprint density at radius 3 is 3.11 bits per heavy atom. The average Bonchev–Trinajstić information content (AvgIpc) is 2.39. The van der Waals surface area contributed by atoms with Crippen LogP contribution in [-0.2, 0) is 0 Å². The molecule has 0 bridgehead atoms. The van der Waals surface area contributed by atoms with Crippen molar-refractivity contribution in [2.24, 2.45) is 0 Å². The molecule has 2 atom stereocenters. The maximum Gasteiger partial charge on any atom is 0.134 e. The Hall–Kier alpha value is -1.36. The maximum absolute atomic E-state index is 9.69. The number of β-amino-alcohol motifs (C(OH)–C–C–N with tert-alkyl or cyclic N) is 1. The largest absolute Gasteiger partial charge is 0.391 e. The number of rotatable bonds is 4. The standard InChI is InChI=1S/C13H22N4O/c1-3-10(2)16-12-7-13(15-9-14-12)17-6-4-5-11(18)8-17/h7,9-11,18H,3-6,8H2,1-2H3,(H,14,15,16). The highest BCUT2D eigenvalue weighted by Gasteiger charge is 2.19. The molecular weight excluding hydrogens is 228 g/mol. The van der Waals surface area contributed by atoms with Crippen molar-refractivity contribution in [2.45, 2.75) is 45.3 Å². The van der Waals surface area contributed by atoms with Crippen molar-refractivity contribution in [2.75, 3.05) is 23.3 Å². The van der Waals surface area contributed by atoms with Crippen LogP contribution in [-0.4, -0.2) is 40.3 Å². The molecule has 0 spiro atoms. The number of piperidine rings is 1. The third kappa shape index (κ3) is 3.32. The van der Waals surface area contributed by atoms with Gasteiger partial charge in [-0.3, -0.25) is 0 Å². The van der Waals surface area contributed by atoms with E-state index in [0.29, 0.717) is 12.6 Å². The molecule has 1 aromatic heterocycles. The van der Waals surface area contributed by atoms with Crippen molar-refractivity contribution in [3.05, 3.63) is 12.4 Å². The molecule has 0 saturated carbocycles. The second-order valence-corrected chi connectivity index (χ2v) is 4.96. The second-order valence-electron chi connectivity index (χ2n) is 4.96. The van der Waals surface area contributed by atoms with Crippen LogP contribution in [0.25, 0.3) is 0 Å². The fourth-order valence-corrected chi connectivity index (χ4v) is 2.12. The van der Waals surface area contributed by atoms with E-state index in [4.69, 9.17) is 0 Å². The monoisotopic (exact) mass is 250 g/mol. The molecule has 2 N–H and O–H groups in total. The third-order valence-electron chi connectivity index (χ3n) is 3.38. The van der Waals surface area contributed by atoms with Crippen LogP contribution in [0.1, 0.15) is 33.1 Å². The number of aliphatic hydroxyl groups excluding tert-OH is 1. The first-order chi connectivity index (χ1) is 8.69. The zero-order valence-electron chi connectivity index (χ0n) is 11.1. The fourth-order valence-electron chi connectivity index (χ4n) is 2.12. The number of aromatic nitrogens is 2. The van der Waals surface area contributed by atoms with E-state index in [9.17, 15) is 5.11 Å². The summed E-state index contributed by atoms with van der Waals surface area (Å²) in [5.74, 6) is 1.75. The molecule has 100 valence electrons. The zero-order chi connectivity index (χ0) is 13.0. The van der Waals surface area contributed by atoms with Crippen molar-refractivity contribution in [3.8, 4) is 0 Å². The van der Waals surface area contributed by atoms with Gasteiger partial charge in [0, 0.05) is 25.2 Å². The maximum atomic E-state index is 9.69. The molecule has 2 rings (SSSR count). The van der Waals surface area contributed by atoms with E-state index in [1.54, 1.807) is 6.33 Å². The molecule has 0 amide bonds. The molecular formula is C13H22N4O. The summed E-state index contributed by atoms with van der Waals surface area (Å²) in [4.78, 5) is 10.6. The summed E-state index contributed by atoms with van der Waals surface area (Å²) in [6.07, 6.45) is 4.31. The Morgan fingerprint density at radius 1 is 1.56 bits per heavy atom. The quantitative estimate of drug-likeness (QED) is 0.851. The predicted molar refractivity (Wildman–Crippen MR) is 72.9 cm³/mol. The van der Waals surface area contributed by atoms with Gasteiger partial charge >= 0.3 is 0 Å². The van der Waals surface area contributed by atoms with Gasteiger partial charge in [-0.1, -0.05) is 6.92 Å². The molecule has 2 unspecified atom stereocenters. The Labute approximate surface area is 108 Å². The summed E-state index contributed by atoms with van der Waals surface area (Å²) < 4.78 is 0. The molecule has 2 heterocycles. The molecule has 1 saturated heterocycles. The first-order valence-electron chi connectivity index (χ1n) is 6.70. The number of hydrogen-bond donors (Lipinski definition) is 2. The first kappa shape index (κ1) is 13.1. The zero-order valence-corrected chi connectivity index (χ0v) is 11.1. The summed E-state index contributed by atoms with van der Waals surface area (Å²) in [5.41, 5.74) is 0. The van der Waals surface area contributed by atoms with E-state index in [1.807, 2.05) is 6.07 Å². The molecule has 0 radical (unpaired) electrons. The van der Waals surface area contributed by atoms with E-state index in [0.717, 1.165) is 37.4 Å². The van der Waals surface area contributed by atoms with Crippen molar-refractivity contribution in [1.82, 2.24) is 9.97 Å². The van der Waals surface area contributed by atoms with Crippen molar-refractivity contribution >= 4 is 11.6 Å². The molecule has 1 aliphatic heterocycles. The summed E-state index contributed by atoms with van der Waals surface area (Å²) in [6.45, 7) is 5.89. The topological polar surface area (TPSA) is 61.3 Å². The lowest BCUT2D eigenvalue weighted by molar-refractivity contribution is 0.154. The van der Waals surface area contributed by atoms with E-state index in [1.165, 1.54) is 0 Å². The molecule has 0 aromatic carbocycles. The first-order valence-corrected chi connectivity index (χ1v) is 6.70. The number of hydrogen-bond acceptors (Lipinski definition) is 5. The molecule has 1 aromatic rings. The van der Waals surface area contributed by atoms with Crippen LogP contribution in [0, 0.1) is 0 Å². The smallest absolute Gasteiger partial charge is 0.134 e.